The summed E-state index contributed by atoms with van der Waals surface area (Å²) in [5.74, 6) is 0.0914. The average molecular weight is 250 g/mol. The quantitative estimate of drug-likeness (QED) is 0.860. The van der Waals surface area contributed by atoms with Crippen molar-refractivity contribution in [1.82, 2.24) is 5.32 Å². The van der Waals surface area contributed by atoms with Gasteiger partial charge in [-0.05, 0) is 24.6 Å². The van der Waals surface area contributed by atoms with Gasteiger partial charge in [0.2, 0.25) is 5.91 Å². The monoisotopic (exact) mass is 249 g/mol. The van der Waals surface area contributed by atoms with Gasteiger partial charge in [-0.15, -0.1) is 0 Å². The Hall–Kier alpha value is -1.73. The van der Waals surface area contributed by atoms with Crippen molar-refractivity contribution in [3.63, 3.8) is 0 Å². The van der Waals surface area contributed by atoms with Crippen LogP contribution in [0.3, 0.4) is 0 Å². The van der Waals surface area contributed by atoms with E-state index in [9.17, 15) is 4.79 Å². The zero-order valence-electron chi connectivity index (χ0n) is 9.16. The summed E-state index contributed by atoms with van der Waals surface area (Å²) >= 11 is 6.01. The highest BCUT2D eigenvalue weighted by Gasteiger charge is 2.20. The zero-order chi connectivity index (χ0) is 12.3. The van der Waals surface area contributed by atoms with Crippen LogP contribution in [0.2, 0.25) is 5.02 Å². The van der Waals surface area contributed by atoms with E-state index in [0.717, 1.165) is 12.1 Å². The van der Waals surface area contributed by atoms with E-state index in [1.165, 1.54) is 0 Å². The fraction of sp³-hybridized carbons (Fsp3) is 0.333. The lowest BCUT2D eigenvalue weighted by Gasteiger charge is -2.13. The van der Waals surface area contributed by atoms with Gasteiger partial charge in [0.15, 0.2) is 0 Å². The van der Waals surface area contributed by atoms with Crippen molar-refractivity contribution in [2.75, 3.05) is 11.9 Å². The van der Waals surface area contributed by atoms with Crippen molar-refractivity contribution >= 4 is 23.2 Å². The van der Waals surface area contributed by atoms with Gasteiger partial charge < -0.3 is 10.6 Å². The second-order valence-corrected chi connectivity index (χ2v) is 4.40. The first-order chi connectivity index (χ1) is 8.19. The van der Waals surface area contributed by atoms with E-state index in [0.29, 0.717) is 23.6 Å². The molecule has 1 aliphatic rings. The van der Waals surface area contributed by atoms with Crippen molar-refractivity contribution in [3.8, 4) is 6.07 Å². The van der Waals surface area contributed by atoms with Crippen LogP contribution < -0.4 is 10.6 Å². The fourth-order valence-electron chi connectivity index (χ4n) is 1.79. The first kappa shape index (κ1) is 11.7. The Balaban J connectivity index is 1.99. The normalized spacial score (nSPS) is 18.6. The zero-order valence-corrected chi connectivity index (χ0v) is 9.92. The SMILES string of the molecule is N#Cc1ccc(Cl)c(NCC2CCC(=O)N2)c1. The number of hydrogen-bond acceptors (Lipinski definition) is 3. The number of anilines is 1. The van der Waals surface area contributed by atoms with Crippen LogP contribution in [0.1, 0.15) is 18.4 Å². The molecule has 0 radical (unpaired) electrons. The highest BCUT2D eigenvalue weighted by atomic mass is 35.5. The first-order valence-electron chi connectivity index (χ1n) is 5.42. The number of halogens is 1. The molecule has 1 aromatic carbocycles. The molecule has 0 spiro atoms. The molecule has 88 valence electrons. The number of nitrogens with zero attached hydrogens (tertiary/aromatic N) is 1. The number of carbonyl (C=O) groups excluding carboxylic acids is 1. The lowest BCUT2D eigenvalue weighted by molar-refractivity contribution is -0.119. The molecule has 4 nitrogen and oxygen atoms in total. The predicted molar refractivity (Wildman–Crippen MR) is 65.8 cm³/mol. The lowest BCUT2D eigenvalue weighted by Crippen LogP contribution is -2.31. The molecule has 1 fully saturated rings. The Kier molecular flexibility index (Phi) is 3.50. The maximum Gasteiger partial charge on any atom is 0.220 e. The second-order valence-electron chi connectivity index (χ2n) is 3.99. The summed E-state index contributed by atoms with van der Waals surface area (Å²) in [4.78, 5) is 11.0. The van der Waals surface area contributed by atoms with Crippen molar-refractivity contribution < 1.29 is 4.79 Å². The molecule has 1 saturated heterocycles. The first-order valence-corrected chi connectivity index (χ1v) is 5.79. The minimum Gasteiger partial charge on any atom is -0.382 e. The molecule has 0 aromatic heterocycles. The second kappa shape index (κ2) is 5.07. The molecule has 5 heteroatoms. The molecule has 0 saturated carbocycles. The third-order valence-electron chi connectivity index (χ3n) is 2.72. The van der Waals surface area contributed by atoms with Gasteiger partial charge in [0.25, 0.3) is 0 Å². The molecule has 0 aliphatic carbocycles. The summed E-state index contributed by atoms with van der Waals surface area (Å²) < 4.78 is 0. The summed E-state index contributed by atoms with van der Waals surface area (Å²) in [7, 11) is 0. The van der Waals surface area contributed by atoms with Gasteiger partial charge in [0.1, 0.15) is 0 Å². The predicted octanol–water partition coefficient (Wildman–Crippen LogP) is 1.90. The molecule has 2 rings (SSSR count). The van der Waals surface area contributed by atoms with Crippen molar-refractivity contribution in [3.05, 3.63) is 28.8 Å². The molecule has 0 bridgehead atoms. The molecule has 1 unspecified atom stereocenters. The van der Waals surface area contributed by atoms with Gasteiger partial charge in [-0.3, -0.25) is 4.79 Å². The maximum absolute atomic E-state index is 11.0. The van der Waals surface area contributed by atoms with Crippen LogP contribution in [0.15, 0.2) is 18.2 Å². The third kappa shape index (κ3) is 2.89. The molecule has 1 aromatic rings. The maximum atomic E-state index is 11.0. The Morgan fingerprint density at radius 2 is 2.41 bits per heavy atom. The Morgan fingerprint density at radius 3 is 3.06 bits per heavy atom. The smallest absolute Gasteiger partial charge is 0.220 e. The average Bonchev–Trinajstić information content (AvgIpc) is 2.74. The van der Waals surface area contributed by atoms with E-state index in [1.54, 1.807) is 18.2 Å². The summed E-state index contributed by atoms with van der Waals surface area (Å²) in [6, 6.07) is 7.27. The number of amides is 1. The van der Waals surface area contributed by atoms with E-state index >= 15 is 0 Å². The van der Waals surface area contributed by atoms with E-state index < -0.39 is 0 Å². The van der Waals surface area contributed by atoms with E-state index in [1.807, 2.05) is 0 Å². The molecule has 1 atom stereocenters. The third-order valence-corrected chi connectivity index (χ3v) is 3.05. The minimum absolute atomic E-state index is 0.0914. The Labute approximate surface area is 105 Å². The standard InChI is InChI=1S/C12H12ClN3O/c13-10-3-1-8(6-14)5-11(10)15-7-9-2-4-12(17)16-9/h1,3,5,9,15H,2,4,7H2,(H,16,17). The van der Waals surface area contributed by atoms with Crippen LogP contribution in [-0.4, -0.2) is 18.5 Å². The van der Waals surface area contributed by atoms with E-state index in [-0.39, 0.29) is 11.9 Å². The number of rotatable bonds is 3. The van der Waals surface area contributed by atoms with Crippen molar-refractivity contribution in [1.29, 1.82) is 5.26 Å². The number of nitriles is 1. The molecular formula is C12H12ClN3O. The molecular weight excluding hydrogens is 238 g/mol. The highest BCUT2D eigenvalue weighted by Crippen LogP contribution is 2.23. The van der Waals surface area contributed by atoms with Crippen LogP contribution >= 0.6 is 11.6 Å². The number of carbonyl (C=O) groups is 1. The minimum atomic E-state index is 0.0914. The molecule has 2 N–H and O–H groups in total. The van der Waals surface area contributed by atoms with Crippen LogP contribution in [0.4, 0.5) is 5.69 Å². The Bertz CT molecular complexity index is 481. The van der Waals surface area contributed by atoms with E-state index in [4.69, 9.17) is 16.9 Å². The molecule has 17 heavy (non-hydrogen) atoms. The van der Waals surface area contributed by atoms with Gasteiger partial charge in [-0.1, -0.05) is 11.6 Å². The molecule has 1 amide bonds. The number of benzene rings is 1. The lowest BCUT2D eigenvalue weighted by atomic mass is 10.2. The summed E-state index contributed by atoms with van der Waals surface area (Å²) in [6.45, 7) is 0.625. The van der Waals surface area contributed by atoms with Gasteiger partial charge in [-0.2, -0.15) is 5.26 Å². The molecule has 1 heterocycles. The van der Waals surface area contributed by atoms with Crippen LogP contribution in [0.25, 0.3) is 0 Å². The summed E-state index contributed by atoms with van der Waals surface area (Å²) in [5, 5.41) is 15.4. The summed E-state index contributed by atoms with van der Waals surface area (Å²) in [6.07, 6.45) is 1.42. The number of nitrogens with one attached hydrogen (secondary N) is 2. The van der Waals surface area contributed by atoms with Crippen LogP contribution in [0.5, 0.6) is 0 Å². The van der Waals surface area contributed by atoms with Crippen molar-refractivity contribution in [2.45, 2.75) is 18.9 Å². The van der Waals surface area contributed by atoms with Gasteiger partial charge in [0.05, 0.1) is 22.3 Å². The van der Waals surface area contributed by atoms with Gasteiger partial charge in [0, 0.05) is 19.0 Å². The largest absolute Gasteiger partial charge is 0.382 e. The van der Waals surface area contributed by atoms with Gasteiger partial charge in [-0.25, -0.2) is 0 Å². The number of hydrogen-bond donors (Lipinski definition) is 2. The topological polar surface area (TPSA) is 64.9 Å². The van der Waals surface area contributed by atoms with Crippen LogP contribution in [-0.2, 0) is 4.79 Å². The Morgan fingerprint density at radius 1 is 1.59 bits per heavy atom. The fourth-order valence-corrected chi connectivity index (χ4v) is 1.98. The highest BCUT2D eigenvalue weighted by molar-refractivity contribution is 6.33. The van der Waals surface area contributed by atoms with Gasteiger partial charge >= 0.3 is 0 Å². The van der Waals surface area contributed by atoms with Crippen molar-refractivity contribution in [2.24, 2.45) is 0 Å². The van der Waals surface area contributed by atoms with E-state index in [2.05, 4.69) is 16.7 Å². The molecule has 1 aliphatic heterocycles. The summed E-state index contributed by atoms with van der Waals surface area (Å²) in [5.41, 5.74) is 1.29. The van der Waals surface area contributed by atoms with Crippen LogP contribution in [0, 0.1) is 11.3 Å².